The van der Waals surface area contributed by atoms with Gasteiger partial charge in [0.25, 0.3) is 5.91 Å². The molecule has 0 aromatic carbocycles. The monoisotopic (exact) mass is 165 g/mol. The fourth-order valence-corrected chi connectivity index (χ4v) is 0.965. The topological polar surface area (TPSA) is 64.1 Å². The Kier molecular flexibility index (Phi) is 1.43. The first-order valence-corrected chi connectivity index (χ1v) is 3.52. The number of fused-ring (bicyclic) bond motifs is 1. The highest BCUT2D eigenvalue weighted by atomic mass is 16.5. The predicted octanol–water partition coefficient (Wildman–Crippen LogP) is 0.116. The Balaban J connectivity index is 2.43. The van der Waals surface area contributed by atoms with Gasteiger partial charge in [0.05, 0.1) is 6.20 Å². The number of ether oxygens (including phenoxy) is 1. The second kappa shape index (κ2) is 2.44. The molecule has 62 valence electrons. The van der Waals surface area contributed by atoms with Crippen LogP contribution in [0.3, 0.4) is 0 Å². The van der Waals surface area contributed by atoms with Crippen molar-refractivity contribution in [2.24, 2.45) is 0 Å². The van der Waals surface area contributed by atoms with Crippen LogP contribution in [0.25, 0.3) is 0 Å². The molecular formula is C7H7N3O2. The van der Waals surface area contributed by atoms with E-state index in [0.29, 0.717) is 17.4 Å². The van der Waals surface area contributed by atoms with Crippen LogP contribution in [0.5, 0.6) is 5.88 Å². The molecule has 2 rings (SSSR count). The van der Waals surface area contributed by atoms with Crippen LogP contribution in [-0.2, 0) is 4.79 Å². The van der Waals surface area contributed by atoms with Crippen LogP contribution in [0.4, 0.5) is 5.69 Å². The lowest BCUT2D eigenvalue weighted by Crippen LogP contribution is -2.26. The summed E-state index contributed by atoms with van der Waals surface area (Å²) in [5, 5.41) is 2.60. The van der Waals surface area contributed by atoms with Crippen molar-refractivity contribution in [3.63, 3.8) is 0 Å². The number of carbonyl (C=O) groups excluding carboxylic acids is 1. The van der Waals surface area contributed by atoms with Gasteiger partial charge in [-0.25, -0.2) is 4.98 Å². The lowest BCUT2D eigenvalue weighted by Gasteiger charge is -2.15. The first-order chi connectivity index (χ1) is 5.75. The van der Waals surface area contributed by atoms with E-state index in [2.05, 4.69) is 15.3 Å². The Hall–Kier alpha value is -1.65. The van der Waals surface area contributed by atoms with Crippen LogP contribution < -0.4 is 10.1 Å². The van der Waals surface area contributed by atoms with Crippen molar-refractivity contribution in [2.75, 3.05) is 11.9 Å². The zero-order chi connectivity index (χ0) is 8.55. The molecule has 0 aliphatic carbocycles. The standard InChI is InChI=1S/C7H7N3O2/c1-4-8-2-5-7(9-4)12-3-6(11)10-5/h2H,3H2,1H3,(H,10,11). The van der Waals surface area contributed by atoms with Crippen molar-refractivity contribution in [1.29, 1.82) is 0 Å². The molecule has 0 bridgehead atoms. The predicted molar refractivity (Wildman–Crippen MR) is 40.9 cm³/mol. The molecule has 12 heavy (non-hydrogen) atoms. The molecule has 2 heterocycles. The first kappa shape index (κ1) is 7.02. The van der Waals surface area contributed by atoms with E-state index >= 15 is 0 Å². The molecule has 5 nitrogen and oxygen atoms in total. The first-order valence-electron chi connectivity index (χ1n) is 3.52. The van der Waals surface area contributed by atoms with Gasteiger partial charge >= 0.3 is 0 Å². The van der Waals surface area contributed by atoms with Crippen molar-refractivity contribution in [1.82, 2.24) is 9.97 Å². The van der Waals surface area contributed by atoms with E-state index in [4.69, 9.17) is 4.74 Å². The van der Waals surface area contributed by atoms with E-state index in [-0.39, 0.29) is 12.5 Å². The highest BCUT2D eigenvalue weighted by Gasteiger charge is 2.16. The highest BCUT2D eigenvalue weighted by Crippen LogP contribution is 2.22. The fraction of sp³-hybridized carbons (Fsp3) is 0.286. The van der Waals surface area contributed by atoms with Crippen molar-refractivity contribution < 1.29 is 9.53 Å². The molecule has 0 radical (unpaired) electrons. The number of hydrogen-bond acceptors (Lipinski definition) is 4. The summed E-state index contributed by atoms with van der Waals surface area (Å²) < 4.78 is 5.05. The normalized spacial score (nSPS) is 14.6. The van der Waals surface area contributed by atoms with Crippen LogP contribution in [0.15, 0.2) is 6.20 Å². The number of anilines is 1. The van der Waals surface area contributed by atoms with E-state index in [1.54, 1.807) is 6.92 Å². The molecule has 0 fully saturated rings. The molecule has 0 unspecified atom stereocenters. The molecule has 1 aliphatic heterocycles. The van der Waals surface area contributed by atoms with Gasteiger partial charge in [0.1, 0.15) is 11.5 Å². The van der Waals surface area contributed by atoms with Gasteiger partial charge in [0.2, 0.25) is 5.88 Å². The Morgan fingerprint density at radius 1 is 1.67 bits per heavy atom. The molecule has 0 saturated carbocycles. The minimum absolute atomic E-state index is 0.0312. The average Bonchev–Trinajstić information content (AvgIpc) is 2.05. The summed E-state index contributed by atoms with van der Waals surface area (Å²) in [6.07, 6.45) is 1.54. The minimum atomic E-state index is -0.171. The van der Waals surface area contributed by atoms with Crippen molar-refractivity contribution in [3.05, 3.63) is 12.0 Å². The SMILES string of the molecule is Cc1ncc2c(n1)OCC(=O)N2. The van der Waals surface area contributed by atoms with Gasteiger partial charge in [-0.2, -0.15) is 4.98 Å². The Morgan fingerprint density at radius 3 is 3.33 bits per heavy atom. The second-order valence-corrected chi connectivity index (χ2v) is 2.47. The van der Waals surface area contributed by atoms with E-state index in [1.165, 1.54) is 6.20 Å². The molecule has 1 aromatic heterocycles. The second-order valence-electron chi connectivity index (χ2n) is 2.47. The van der Waals surface area contributed by atoms with E-state index in [0.717, 1.165) is 0 Å². The van der Waals surface area contributed by atoms with Crippen molar-refractivity contribution in [3.8, 4) is 5.88 Å². The molecule has 1 amide bonds. The van der Waals surface area contributed by atoms with Crippen molar-refractivity contribution in [2.45, 2.75) is 6.92 Å². The van der Waals surface area contributed by atoms with Gasteiger partial charge in [0, 0.05) is 0 Å². The number of nitrogens with zero attached hydrogens (tertiary/aromatic N) is 2. The fourth-order valence-electron chi connectivity index (χ4n) is 0.965. The van der Waals surface area contributed by atoms with Crippen LogP contribution in [-0.4, -0.2) is 22.5 Å². The van der Waals surface area contributed by atoms with E-state index in [1.807, 2.05) is 0 Å². The van der Waals surface area contributed by atoms with Gasteiger partial charge in [-0.1, -0.05) is 0 Å². The van der Waals surface area contributed by atoms with E-state index in [9.17, 15) is 4.79 Å². The zero-order valence-corrected chi connectivity index (χ0v) is 6.50. The molecule has 0 spiro atoms. The quantitative estimate of drug-likeness (QED) is 0.592. The number of carbonyl (C=O) groups is 1. The van der Waals surface area contributed by atoms with Crippen LogP contribution in [0, 0.1) is 6.92 Å². The maximum absolute atomic E-state index is 10.8. The smallest absolute Gasteiger partial charge is 0.262 e. The van der Waals surface area contributed by atoms with Crippen LogP contribution in [0.2, 0.25) is 0 Å². The van der Waals surface area contributed by atoms with Gasteiger partial charge in [0.15, 0.2) is 6.61 Å². The molecular weight excluding hydrogens is 158 g/mol. The average molecular weight is 165 g/mol. The molecule has 0 saturated heterocycles. The largest absolute Gasteiger partial charge is 0.466 e. The molecule has 1 N–H and O–H groups in total. The summed E-state index contributed by atoms with van der Waals surface area (Å²) in [5.74, 6) is 0.905. The highest BCUT2D eigenvalue weighted by molar-refractivity contribution is 5.94. The van der Waals surface area contributed by atoms with Gasteiger partial charge in [-0.05, 0) is 6.92 Å². The Bertz CT molecular complexity index is 337. The summed E-state index contributed by atoms with van der Waals surface area (Å²) in [6.45, 7) is 1.80. The third-order valence-corrected chi connectivity index (χ3v) is 1.49. The number of hydrogen-bond donors (Lipinski definition) is 1. The maximum Gasteiger partial charge on any atom is 0.262 e. The summed E-state index contributed by atoms with van der Waals surface area (Å²) >= 11 is 0. The maximum atomic E-state index is 10.8. The minimum Gasteiger partial charge on any atom is -0.466 e. The summed E-state index contributed by atoms with van der Waals surface area (Å²) in [7, 11) is 0. The molecule has 5 heteroatoms. The number of nitrogens with one attached hydrogen (secondary N) is 1. The van der Waals surface area contributed by atoms with Crippen LogP contribution in [0.1, 0.15) is 5.82 Å². The lowest BCUT2D eigenvalue weighted by molar-refractivity contribution is -0.118. The number of rotatable bonds is 0. The molecule has 0 atom stereocenters. The number of amides is 1. The van der Waals surface area contributed by atoms with E-state index < -0.39 is 0 Å². The van der Waals surface area contributed by atoms with Crippen LogP contribution >= 0.6 is 0 Å². The Morgan fingerprint density at radius 2 is 2.50 bits per heavy atom. The summed E-state index contributed by atoms with van der Waals surface area (Å²) in [5.41, 5.74) is 0.539. The molecule has 1 aromatic rings. The number of aromatic nitrogens is 2. The third kappa shape index (κ3) is 1.09. The van der Waals surface area contributed by atoms with Gasteiger partial charge < -0.3 is 10.1 Å². The zero-order valence-electron chi connectivity index (χ0n) is 6.50. The lowest BCUT2D eigenvalue weighted by atomic mass is 10.4. The summed E-state index contributed by atoms with van der Waals surface area (Å²) in [4.78, 5) is 18.7. The Labute approximate surface area is 68.8 Å². The number of aryl methyl sites for hydroxylation is 1. The summed E-state index contributed by atoms with van der Waals surface area (Å²) in [6, 6.07) is 0. The van der Waals surface area contributed by atoms with Crippen molar-refractivity contribution >= 4 is 11.6 Å². The third-order valence-electron chi connectivity index (χ3n) is 1.49. The molecule has 1 aliphatic rings. The van der Waals surface area contributed by atoms with Gasteiger partial charge in [-0.15, -0.1) is 0 Å². The van der Waals surface area contributed by atoms with Gasteiger partial charge in [-0.3, -0.25) is 4.79 Å².